The van der Waals surface area contributed by atoms with Crippen LogP contribution in [0.2, 0.25) is 0 Å². The summed E-state index contributed by atoms with van der Waals surface area (Å²) in [6.45, 7) is 7.82. The molecule has 2 aromatic carbocycles. The van der Waals surface area contributed by atoms with Crippen LogP contribution in [0.25, 0.3) is 0 Å². The molecule has 4 amide bonds. The monoisotopic (exact) mass is 890 g/mol. The SMILES string of the molecule is CC(C)(C)c1ccc(CC2(Cc3cc(Br)cc(Br)c3)C(=O)N(CCCCN)C(=O)N(CCCCN)C2=O)cc1.O=C(O)C(F)(F)F.O=C(O)C(F)(F)F. The maximum absolute atomic E-state index is 14.3. The van der Waals surface area contributed by atoms with Crippen molar-refractivity contribution < 1.29 is 60.5 Å². The number of benzene rings is 2. The van der Waals surface area contributed by atoms with Crippen LogP contribution in [0.1, 0.15) is 63.1 Å². The van der Waals surface area contributed by atoms with E-state index in [2.05, 4.69) is 64.8 Å². The van der Waals surface area contributed by atoms with E-state index in [0.29, 0.717) is 38.8 Å². The normalized spacial score (nSPS) is 14.6. The Balaban J connectivity index is 0.000000845. The predicted octanol–water partition coefficient (Wildman–Crippen LogP) is 6.82. The second-order valence-electron chi connectivity index (χ2n) is 13.0. The molecule has 1 heterocycles. The number of carbonyl (C=O) groups is 5. The third kappa shape index (κ3) is 14.7. The van der Waals surface area contributed by atoms with Crippen LogP contribution in [0.5, 0.6) is 0 Å². The van der Waals surface area contributed by atoms with Gasteiger partial charge < -0.3 is 21.7 Å². The number of nitrogens with zero attached hydrogens (tertiary/aromatic N) is 2. The number of unbranched alkanes of at least 4 members (excludes halogenated alkanes) is 2. The summed E-state index contributed by atoms with van der Waals surface area (Å²) in [5.74, 6) is -6.40. The highest BCUT2D eigenvalue weighted by Crippen LogP contribution is 2.39. The van der Waals surface area contributed by atoms with Gasteiger partial charge in [0.2, 0.25) is 11.8 Å². The number of carbonyl (C=O) groups excluding carboxylic acids is 3. The van der Waals surface area contributed by atoms with E-state index in [-0.39, 0.29) is 31.3 Å². The van der Waals surface area contributed by atoms with Crippen LogP contribution < -0.4 is 11.5 Å². The van der Waals surface area contributed by atoms with Gasteiger partial charge >= 0.3 is 30.3 Å². The molecule has 0 aromatic heterocycles. The van der Waals surface area contributed by atoms with Crippen LogP contribution in [0.4, 0.5) is 31.1 Å². The highest BCUT2D eigenvalue weighted by atomic mass is 79.9. The number of carboxylic acid groups (broad SMARTS) is 2. The van der Waals surface area contributed by atoms with E-state index in [9.17, 15) is 40.7 Å². The van der Waals surface area contributed by atoms with Crippen molar-refractivity contribution in [1.29, 1.82) is 0 Å². The zero-order chi connectivity index (χ0) is 40.9. The van der Waals surface area contributed by atoms with Crippen molar-refractivity contribution in [1.82, 2.24) is 9.80 Å². The van der Waals surface area contributed by atoms with Gasteiger partial charge in [0, 0.05) is 22.0 Å². The number of alkyl halides is 6. The van der Waals surface area contributed by atoms with E-state index in [0.717, 1.165) is 20.1 Å². The predicted molar refractivity (Wildman–Crippen MR) is 190 cm³/mol. The van der Waals surface area contributed by atoms with Crippen LogP contribution >= 0.6 is 31.9 Å². The first-order valence-electron chi connectivity index (χ1n) is 16.0. The molecule has 0 atom stereocenters. The maximum atomic E-state index is 14.3. The standard InChI is InChI=1S/C30H40Br2N4O3.2C2HF3O2/c1-29(2,3)23-10-8-21(9-11-23)19-30(20-22-16-24(31)18-25(32)17-22)26(37)35(14-6-4-12-33)28(39)36(27(30)38)15-7-5-13-34;2*3-2(4,5)1(6)7/h8-11,16-18H,4-7,12-15,19-20,33-34H2,1-3H3;2*(H,6,7). The number of imide groups is 2. The molecule has 3 rings (SSSR count). The van der Waals surface area contributed by atoms with Gasteiger partial charge in [-0.3, -0.25) is 19.4 Å². The molecular weight excluding hydrogens is 850 g/mol. The Morgan fingerprint density at radius 1 is 0.679 bits per heavy atom. The number of aliphatic carboxylic acids is 2. The molecule has 0 unspecified atom stereocenters. The smallest absolute Gasteiger partial charge is 0.475 e. The Kier molecular flexibility index (Phi) is 18.1. The molecule has 296 valence electrons. The average Bonchev–Trinajstić information content (AvgIpc) is 3.02. The third-order valence-corrected chi connectivity index (χ3v) is 8.60. The number of halogens is 8. The van der Waals surface area contributed by atoms with Crippen molar-refractivity contribution >= 4 is 61.6 Å². The third-order valence-electron chi connectivity index (χ3n) is 7.68. The molecule has 6 N–H and O–H groups in total. The summed E-state index contributed by atoms with van der Waals surface area (Å²) in [6, 6.07) is 13.3. The van der Waals surface area contributed by atoms with E-state index >= 15 is 0 Å². The molecular formula is C34H42Br2F6N4O7. The van der Waals surface area contributed by atoms with E-state index in [1.807, 2.05) is 30.3 Å². The molecule has 1 fully saturated rings. The Bertz CT molecular complexity index is 1510. The average molecular weight is 893 g/mol. The van der Waals surface area contributed by atoms with Crippen molar-refractivity contribution in [3.05, 3.63) is 68.1 Å². The molecule has 53 heavy (non-hydrogen) atoms. The van der Waals surface area contributed by atoms with Crippen molar-refractivity contribution in [2.45, 2.75) is 77.1 Å². The number of barbiturate groups is 1. The molecule has 0 aliphatic carbocycles. The van der Waals surface area contributed by atoms with Crippen molar-refractivity contribution in [2.24, 2.45) is 16.9 Å². The lowest BCUT2D eigenvalue weighted by Crippen LogP contribution is -2.66. The highest BCUT2D eigenvalue weighted by molar-refractivity contribution is 9.11. The second-order valence-corrected chi connectivity index (χ2v) is 14.8. The van der Waals surface area contributed by atoms with Gasteiger partial charge in [0.15, 0.2) is 0 Å². The summed E-state index contributed by atoms with van der Waals surface area (Å²) < 4.78 is 65.1. The van der Waals surface area contributed by atoms with Gasteiger partial charge in [-0.25, -0.2) is 14.4 Å². The van der Waals surface area contributed by atoms with Gasteiger partial charge in [0.1, 0.15) is 5.41 Å². The fourth-order valence-corrected chi connectivity index (χ4v) is 6.44. The lowest BCUT2D eigenvalue weighted by Gasteiger charge is -2.44. The van der Waals surface area contributed by atoms with Crippen LogP contribution in [-0.2, 0) is 37.4 Å². The summed E-state index contributed by atoms with van der Waals surface area (Å²) in [7, 11) is 0. The van der Waals surface area contributed by atoms with Gasteiger partial charge in [-0.1, -0.05) is 76.9 Å². The number of hydrogen-bond donors (Lipinski definition) is 4. The summed E-state index contributed by atoms with van der Waals surface area (Å²) in [4.78, 5) is 62.5. The molecule has 19 heteroatoms. The molecule has 2 aromatic rings. The van der Waals surface area contributed by atoms with E-state index < -0.39 is 47.6 Å². The molecule has 0 radical (unpaired) electrons. The minimum absolute atomic E-state index is 0.0265. The number of nitrogens with two attached hydrogens (primary N) is 2. The zero-order valence-corrected chi connectivity index (χ0v) is 32.3. The molecule has 0 spiro atoms. The number of rotatable bonds is 12. The first-order valence-corrected chi connectivity index (χ1v) is 17.6. The second kappa shape index (κ2) is 20.2. The van der Waals surface area contributed by atoms with Crippen LogP contribution in [0.15, 0.2) is 51.4 Å². The largest absolute Gasteiger partial charge is 0.490 e. The lowest BCUT2D eigenvalue weighted by molar-refractivity contribution is -0.193. The van der Waals surface area contributed by atoms with Gasteiger partial charge in [0.05, 0.1) is 0 Å². The fourth-order valence-electron chi connectivity index (χ4n) is 5.05. The maximum Gasteiger partial charge on any atom is 0.490 e. The summed E-state index contributed by atoms with van der Waals surface area (Å²) in [5.41, 5.74) is 12.8. The van der Waals surface area contributed by atoms with Gasteiger partial charge in [-0.05, 0) is 91.9 Å². The van der Waals surface area contributed by atoms with Crippen LogP contribution in [-0.4, -0.2) is 88.3 Å². The quantitative estimate of drug-likeness (QED) is 0.101. The van der Waals surface area contributed by atoms with Crippen molar-refractivity contribution in [2.75, 3.05) is 26.2 Å². The Morgan fingerprint density at radius 3 is 1.36 bits per heavy atom. The zero-order valence-electron chi connectivity index (χ0n) is 29.1. The van der Waals surface area contributed by atoms with Crippen LogP contribution in [0.3, 0.4) is 0 Å². The first kappa shape index (κ1) is 47.5. The van der Waals surface area contributed by atoms with Gasteiger partial charge in [0.25, 0.3) is 0 Å². The number of urea groups is 1. The van der Waals surface area contributed by atoms with E-state index in [1.165, 1.54) is 15.4 Å². The Labute approximate surface area is 319 Å². The molecule has 1 saturated heterocycles. The summed E-state index contributed by atoms with van der Waals surface area (Å²) >= 11 is 7.08. The molecule has 1 aliphatic rings. The highest BCUT2D eigenvalue weighted by Gasteiger charge is 2.57. The molecule has 0 saturated carbocycles. The van der Waals surface area contributed by atoms with Crippen LogP contribution in [0, 0.1) is 5.41 Å². The number of hydrogen-bond acceptors (Lipinski definition) is 7. The van der Waals surface area contributed by atoms with E-state index in [1.54, 1.807) is 0 Å². The summed E-state index contributed by atoms with van der Waals surface area (Å²) in [6.07, 6.45) is -7.30. The topological polar surface area (TPSA) is 184 Å². The van der Waals surface area contributed by atoms with Gasteiger partial charge in [-0.15, -0.1) is 0 Å². The van der Waals surface area contributed by atoms with E-state index in [4.69, 9.17) is 31.3 Å². The summed E-state index contributed by atoms with van der Waals surface area (Å²) in [5, 5.41) is 14.2. The Hall–Kier alpha value is -3.55. The fraction of sp³-hybridized carbons (Fsp3) is 0.500. The molecule has 0 bridgehead atoms. The van der Waals surface area contributed by atoms with Gasteiger partial charge in [-0.2, -0.15) is 26.3 Å². The lowest BCUT2D eigenvalue weighted by atomic mass is 9.72. The molecule has 11 nitrogen and oxygen atoms in total. The minimum atomic E-state index is -5.08. The first-order chi connectivity index (χ1) is 24.3. The molecule has 1 aliphatic heterocycles. The number of carboxylic acids is 2. The Morgan fingerprint density at radius 2 is 1.04 bits per heavy atom. The minimum Gasteiger partial charge on any atom is -0.475 e. The van der Waals surface area contributed by atoms with Crippen molar-refractivity contribution in [3.8, 4) is 0 Å². The van der Waals surface area contributed by atoms with Crippen molar-refractivity contribution in [3.63, 3.8) is 0 Å². The number of amides is 4.